The van der Waals surface area contributed by atoms with Gasteiger partial charge in [0, 0.05) is 13.6 Å². The van der Waals surface area contributed by atoms with Crippen LogP contribution >= 0.6 is 0 Å². The zero-order valence-electron chi connectivity index (χ0n) is 7.04. The maximum Gasteiger partial charge on any atom is 0.128 e. The molecule has 3 N–H and O–H groups in total. The van der Waals surface area contributed by atoms with Gasteiger partial charge in [0.05, 0.1) is 6.61 Å². The lowest BCUT2D eigenvalue weighted by atomic mass is 10.4. The summed E-state index contributed by atoms with van der Waals surface area (Å²) in [6.07, 6.45) is 0. The van der Waals surface area contributed by atoms with E-state index in [-0.39, 0.29) is 6.61 Å². The summed E-state index contributed by atoms with van der Waals surface area (Å²) >= 11 is 0. The minimum absolute atomic E-state index is 0.117. The SMILES string of the molecule is CNc1cccc(NCCO)n1. The molecule has 1 heterocycles. The van der Waals surface area contributed by atoms with E-state index < -0.39 is 0 Å². The molecule has 4 heteroatoms. The van der Waals surface area contributed by atoms with Crippen LogP contribution in [0.1, 0.15) is 0 Å². The van der Waals surface area contributed by atoms with E-state index in [1.54, 1.807) is 0 Å². The maximum absolute atomic E-state index is 8.55. The molecule has 0 aromatic carbocycles. The molecule has 0 bridgehead atoms. The Hall–Kier alpha value is -1.29. The Labute approximate surface area is 71.6 Å². The van der Waals surface area contributed by atoms with Crippen molar-refractivity contribution in [2.24, 2.45) is 0 Å². The lowest BCUT2D eigenvalue weighted by molar-refractivity contribution is 0.311. The molecule has 4 nitrogen and oxygen atoms in total. The average Bonchev–Trinajstić information content (AvgIpc) is 2.15. The molecule has 0 saturated heterocycles. The van der Waals surface area contributed by atoms with E-state index in [0.717, 1.165) is 11.6 Å². The number of aromatic nitrogens is 1. The Balaban J connectivity index is 2.60. The number of nitrogens with zero attached hydrogens (tertiary/aromatic N) is 1. The van der Waals surface area contributed by atoms with Crippen LogP contribution in [-0.4, -0.2) is 30.3 Å². The quantitative estimate of drug-likeness (QED) is 0.612. The second kappa shape index (κ2) is 4.56. The number of hydrogen-bond donors (Lipinski definition) is 3. The molecule has 0 unspecified atom stereocenters. The Morgan fingerprint density at radius 3 is 2.83 bits per heavy atom. The maximum atomic E-state index is 8.55. The molecular formula is C8H13N3O. The molecule has 0 radical (unpaired) electrons. The summed E-state index contributed by atoms with van der Waals surface area (Å²) in [7, 11) is 1.82. The summed E-state index contributed by atoms with van der Waals surface area (Å²) in [5.41, 5.74) is 0. The highest BCUT2D eigenvalue weighted by Crippen LogP contribution is 2.07. The predicted molar refractivity (Wildman–Crippen MR) is 49.4 cm³/mol. The van der Waals surface area contributed by atoms with Gasteiger partial charge in [-0.1, -0.05) is 6.07 Å². The van der Waals surface area contributed by atoms with Crippen LogP contribution in [0.3, 0.4) is 0 Å². The van der Waals surface area contributed by atoms with E-state index in [1.807, 2.05) is 25.2 Å². The standard InChI is InChI=1S/C8H13N3O/c1-9-7-3-2-4-8(11-7)10-5-6-12/h2-4,12H,5-6H2,1H3,(H2,9,10,11). The molecule has 0 saturated carbocycles. The highest BCUT2D eigenvalue weighted by molar-refractivity contribution is 5.44. The molecule has 0 amide bonds. The van der Waals surface area contributed by atoms with Crippen LogP contribution < -0.4 is 10.6 Å². The molecular weight excluding hydrogens is 154 g/mol. The molecule has 1 rings (SSSR count). The van der Waals surface area contributed by atoms with Crippen molar-refractivity contribution < 1.29 is 5.11 Å². The van der Waals surface area contributed by atoms with E-state index >= 15 is 0 Å². The van der Waals surface area contributed by atoms with Gasteiger partial charge < -0.3 is 15.7 Å². The van der Waals surface area contributed by atoms with Gasteiger partial charge in [-0.05, 0) is 12.1 Å². The zero-order valence-corrected chi connectivity index (χ0v) is 7.04. The monoisotopic (exact) mass is 167 g/mol. The van der Waals surface area contributed by atoms with Crippen LogP contribution in [0.25, 0.3) is 0 Å². The van der Waals surface area contributed by atoms with E-state index in [0.29, 0.717) is 6.54 Å². The first-order valence-electron chi connectivity index (χ1n) is 3.86. The molecule has 1 aromatic rings. The molecule has 0 atom stereocenters. The second-order valence-corrected chi connectivity index (χ2v) is 2.31. The first kappa shape index (κ1) is 8.80. The van der Waals surface area contributed by atoms with Crippen molar-refractivity contribution in [3.63, 3.8) is 0 Å². The smallest absolute Gasteiger partial charge is 0.128 e. The average molecular weight is 167 g/mol. The number of aliphatic hydroxyl groups is 1. The highest BCUT2D eigenvalue weighted by atomic mass is 16.3. The molecule has 0 aliphatic heterocycles. The number of hydrogen-bond acceptors (Lipinski definition) is 4. The van der Waals surface area contributed by atoms with E-state index in [9.17, 15) is 0 Å². The fourth-order valence-electron chi connectivity index (χ4n) is 0.856. The Kier molecular flexibility index (Phi) is 3.35. The number of pyridine rings is 1. The fraction of sp³-hybridized carbons (Fsp3) is 0.375. The first-order valence-corrected chi connectivity index (χ1v) is 3.86. The lowest BCUT2D eigenvalue weighted by Gasteiger charge is -2.04. The predicted octanol–water partition coefficient (Wildman–Crippen LogP) is 0.527. The normalized spacial score (nSPS) is 9.50. The number of nitrogens with one attached hydrogen (secondary N) is 2. The van der Waals surface area contributed by atoms with Crippen LogP contribution in [0.5, 0.6) is 0 Å². The summed E-state index contributed by atoms with van der Waals surface area (Å²) in [5, 5.41) is 14.4. The van der Waals surface area contributed by atoms with Crippen molar-refractivity contribution in [1.82, 2.24) is 4.98 Å². The number of rotatable bonds is 4. The van der Waals surface area contributed by atoms with Gasteiger partial charge in [0.15, 0.2) is 0 Å². The van der Waals surface area contributed by atoms with Crippen LogP contribution in [-0.2, 0) is 0 Å². The van der Waals surface area contributed by atoms with Gasteiger partial charge in [0.2, 0.25) is 0 Å². The third-order valence-corrected chi connectivity index (χ3v) is 1.42. The van der Waals surface area contributed by atoms with E-state index in [2.05, 4.69) is 15.6 Å². The molecule has 0 fully saturated rings. The first-order chi connectivity index (χ1) is 5.86. The molecule has 1 aromatic heterocycles. The summed E-state index contributed by atoms with van der Waals surface area (Å²) in [6, 6.07) is 5.64. The third kappa shape index (κ3) is 2.39. The topological polar surface area (TPSA) is 57.2 Å². The summed E-state index contributed by atoms with van der Waals surface area (Å²) < 4.78 is 0. The Morgan fingerprint density at radius 1 is 1.42 bits per heavy atom. The van der Waals surface area contributed by atoms with Crippen LogP contribution in [0.15, 0.2) is 18.2 Å². The number of aliphatic hydroxyl groups excluding tert-OH is 1. The van der Waals surface area contributed by atoms with Crippen molar-refractivity contribution in [3.8, 4) is 0 Å². The Bertz CT molecular complexity index is 239. The fourth-order valence-corrected chi connectivity index (χ4v) is 0.856. The molecule has 12 heavy (non-hydrogen) atoms. The lowest BCUT2D eigenvalue weighted by Crippen LogP contribution is -2.07. The van der Waals surface area contributed by atoms with Crippen molar-refractivity contribution in [3.05, 3.63) is 18.2 Å². The Morgan fingerprint density at radius 2 is 2.17 bits per heavy atom. The van der Waals surface area contributed by atoms with Crippen molar-refractivity contribution in [1.29, 1.82) is 0 Å². The van der Waals surface area contributed by atoms with Crippen molar-refractivity contribution in [2.45, 2.75) is 0 Å². The third-order valence-electron chi connectivity index (χ3n) is 1.42. The van der Waals surface area contributed by atoms with Gasteiger partial charge in [0.1, 0.15) is 11.6 Å². The minimum Gasteiger partial charge on any atom is -0.395 e. The molecule has 0 aliphatic carbocycles. The second-order valence-electron chi connectivity index (χ2n) is 2.31. The highest BCUT2D eigenvalue weighted by Gasteiger charge is 1.93. The van der Waals surface area contributed by atoms with Gasteiger partial charge in [0.25, 0.3) is 0 Å². The van der Waals surface area contributed by atoms with E-state index in [1.165, 1.54) is 0 Å². The van der Waals surface area contributed by atoms with Gasteiger partial charge in [-0.15, -0.1) is 0 Å². The largest absolute Gasteiger partial charge is 0.395 e. The van der Waals surface area contributed by atoms with Gasteiger partial charge in [-0.25, -0.2) is 4.98 Å². The van der Waals surface area contributed by atoms with Gasteiger partial charge in [-0.2, -0.15) is 0 Å². The van der Waals surface area contributed by atoms with Gasteiger partial charge >= 0.3 is 0 Å². The molecule has 0 spiro atoms. The van der Waals surface area contributed by atoms with Crippen LogP contribution in [0.4, 0.5) is 11.6 Å². The summed E-state index contributed by atoms with van der Waals surface area (Å²) in [4.78, 5) is 4.20. The molecule has 0 aliphatic rings. The minimum atomic E-state index is 0.117. The number of anilines is 2. The van der Waals surface area contributed by atoms with Crippen LogP contribution in [0, 0.1) is 0 Å². The summed E-state index contributed by atoms with van der Waals surface area (Å²) in [6.45, 7) is 0.644. The van der Waals surface area contributed by atoms with E-state index in [4.69, 9.17) is 5.11 Å². The zero-order chi connectivity index (χ0) is 8.81. The summed E-state index contributed by atoms with van der Waals surface area (Å²) in [5.74, 6) is 1.59. The molecule has 66 valence electrons. The van der Waals surface area contributed by atoms with Crippen molar-refractivity contribution in [2.75, 3.05) is 30.8 Å². The van der Waals surface area contributed by atoms with Crippen molar-refractivity contribution >= 4 is 11.6 Å². The van der Waals surface area contributed by atoms with Gasteiger partial charge in [-0.3, -0.25) is 0 Å². The van der Waals surface area contributed by atoms with Crippen LogP contribution in [0.2, 0.25) is 0 Å².